The van der Waals surface area contributed by atoms with E-state index in [4.69, 9.17) is 0 Å². The topological polar surface area (TPSA) is 99.8 Å². The number of H-pyrrole nitrogens is 1. The van der Waals surface area contributed by atoms with Crippen LogP contribution in [0, 0.1) is 0 Å². The zero-order valence-electron chi connectivity index (χ0n) is 11.8. The minimum atomic E-state index is -3.61. The van der Waals surface area contributed by atoms with E-state index in [0.717, 1.165) is 18.5 Å². The molecule has 0 aliphatic rings. The first-order valence-electron chi connectivity index (χ1n) is 6.75. The highest BCUT2D eigenvalue weighted by atomic mass is 32.2. The standard InChI is InChI=1S/C13H19N5O2S/c1-2-5-15-9-12-10-16-18-13(12)21(19,20)17-8-11-3-6-14-7-4-11/h3-4,6-7,10,15,17H,2,5,8-9H2,1H3,(H,16,18). The van der Waals surface area contributed by atoms with Crippen LogP contribution < -0.4 is 10.0 Å². The highest BCUT2D eigenvalue weighted by Gasteiger charge is 2.20. The number of aromatic amines is 1. The Kier molecular flexibility index (Phi) is 5.43. The SMILES string of the molecule is CCCNCc1cn[nH]c1S(=O)(=O)NCc1ccncc1. The lowest BCUT2D eigenvalue weighted by atomic mass is 10.3. The molecule has 0 spiro atoms. The second-order valence-corrected chi connectivity index (χ2v) is 6.28. The van der Waals surface area contributed by atoms with Gasteiger partial charge in [-0.05, 0) is 30.7 Å². The van der Waals surface area contributed by atoms with Crippen molar-refractivity contribution in [2.24, 2.45) is 0 Å². The Labute approximate surface area is 124 Å². The van der Waals surface area contributed by atoms with Crippen molar-refractivity contribution < 1.29 is 8.42 Å². The van der Waals surface area contributed by atoms with Crippen molar-refractivity contribution in [3.05, 3.63) is 41.9 Å². The molecule has 0 fully saturated rings. The van der Waals surface area contributed by atoms with Crippen LogP contribution in [0.1, 0.15) is 24.5 Å². The number of pyridine rings is 1. The summed E-state index contributed by atoms with van der Waals surface area (Å²) < 4.78 is 27.1. The van der Waals surface area contributed by atoms with Gasteiger partial charge in [-0.1, -0.05) is 6.92 Å². The van der Waals surface area contributed by atoms with Crippen molar-refractivity contribution in [1.29, 1.82) is 0 Å². The minimum Gasteiger partial charge on any atom is -0.313 e. The second-order valence-electron chi connectivity index (χ2n) is 4.58. The van der Waals surface area contributed by atoms with Crippen LogP contribution in [0.3, 0.4) is 0 Å². The zero-order chi connectivity index (χ0) is 15.1. The van der Waals surface area contributed by atoms with Gasteiger partial charge in [0, 0.05) is 31.0 Å². The van der Waals surface area contributed by atoms with Crippen LogP contribution in [-0.4, -0.2) is 30.1 Å². The normalized spacial score (nSPS) is 11.7. The van der Waals surface area contributed by atoms with Gasteiger partial charge in [0.05, 0.1) is 6.20 Å². The van der Waals surface area contributed by atoms with Crippen molar-refractivity contribution in [2.45, 2.75) is 31.5 Å². The molecule has 0 saturated heterocycles. The lowest BCUT2D eigenvalue weighted by Gasteiger charge is -2.07. The Balaban J connectivity index is 2.04. The third kappa shape index (κ3) is 4.35. The number of rotatable bonds is 8. The summed E-state index contributed by atoms with van der Waals surface area (Å²) in [6.07, 6.45) is 5.77. The molecular formula is C13H19N5O2S. The Bertz CT molecular complexity index is 654. The van der Waals surface area contributed by atoms with E-state index in [2.05, 4.69) is 32.1 Å². The van der Waals surface area contributed by atoms with Gasteiger partial charge in [0.2, 0.25) is 0 Å². The molecule has 0 unspecified atom stereocenters. The van der Waals surface area contributed by atoms with Gasteiger partial charge in [-0.15, -0.1) is 0 Å². The van der Waals surface area contributed by atoms with Crippen molar-refractivity contribution in [2.75, 3.05) is 6.54 Å². The van der Waals surface area contributed by atoms with E-state index in [1.54, 1.807) is 24.5 Å². The van der Waals surface area contributed by atoms with Crippen molar-refractivity contribution in [3.63, 3.8) is 0 Å². The van der Waals surface area contributed by atoms with E-state index in [1.807, 2.05) is 0 Å². The van der Waals surface area contributed by atoms with Crippen LogP contribution in [0.4, 0.5) is 0 Å². The van der Waals surface area contributed by atoms with Gasteiger partial charge in [-0.25, -0.2) is 13.1 Å². The summed E-state index contributed by atoms with van der Waals surface area (Å²) in [4.78, 5) is 3.89. The molecule has 21 heavy (non-hydrogen) atoms. The van der Waals surface area contributed by atoms with E-state index in [1.165, 1.54) is 6.20 Å². The monoisotopic (exact) mass is 309 g/mol. The summed E-state index contributed by atoms with van der Waals surface area (Å²) >= 11 is 0. The van der Waals surface area contributed by atoms with E-state index < -0.39 is 10.0 Å². The average molecular weight is 309 g/mol. The number of nitrogens with one attached hydrogen (secondary N) is 3. The molecule has 2 aromatic heterocycles. The number of nitrogens with zero attached hydrogens (tertiary/aromatic N) is 2. The average Bonchev–Trinajstić information content (AvgIpc) is 2.96. The van der Waals surface area contributed by atoms with Crippen LogP contribution in [0.25, 0.3) is 0 Å². The lowest BCUT2D eigenvalue weighted by molar-refractivity contribution is 0.573. The molecule has 0 aliphatic carbocycles. The molecule has 2 aromatic rings. The van der Waals surface area contributed by atoms with Gasteiger partial charge >= 0.3 is 0 Å². The molecule has 2 rings (SSSR count). The second kappa shape index (κ2) is 7.30. The quantitative estimate of drug-likeness (QED) is 0.626. The van der Waals surface area contributed by atoms with E-state index >= 15 is 0 Å². The molecule has 0 bridgehead atoms. The summed E-state index contributed by atoms with van der Waals surface area (Å²) in [7, 11) is -3.61. The molecule has 2 heterocycles. The summed E-state index contributed by atoms with van der Waals surface area (Å²) in [6.45, 7) is 3.56. The van der Waals surface area contributed by atoms with Crippen LogP contribution >= 0.6 is 0 Å². The third-order valence-electron chi connectivity index (χ3n) is 2.90. The number of hydrogen-bond donors (Lipinski definition) is 3. The molecule has 0 saturated carbocycles. The van der Waals surface area contributed by atoms with Crippen LogP contribution in [-0.2, 0) is 23.1 Å². The fraction of sp³-hybridized carbons (Fsp3) is 0.385. The Morgan fingerprint density at radius 2 is 2.00 bits per heavy atom. The van der Waals surface area contributed by atoms with Gasteiger partial charge < -0.3 is 5.32 Å². The number of aromatic nitrogens is 3. The van der Waals surface area contributed by atoms with Gasteiger partial charge in [0.1, 0.15) is 0 Å². The van der Waals surface area contributed by atoms with Gasteiger partial charge in [0.25, 0.3) is 10.0 Å². The largest absolute Gasteiger partial charge is 0.313 e. The Morgan fingerprint density at radius 1 is 1.24 bits per heavy atom. The maximum atomic E-state index is 12.3. The maximum Gasteiger partial charge on any atom is 0.258 e. The molecule has 0 amide bonds. The molecule has 0 aromatic carbocycles. The predicted octanol–water partition coefficient (Wildman–Crippen LogP) is 0.783. The number of sulfonamides is 1. The first kappa shape index (κ1) is 15.6. The third-order valence-corrected chi connectivity index (χ3v) is 4.32. The minimum absolute atomic E-state index is 0.111. The maximum absolute atomic E-state index is 12.3. The van der Waals surface area contributed by atoms with Crippen molar-refractivity contribution in [1.82, 2.24) is 25.2 Å². The van der Waals surface area contributed by atoms with Crippen LogP contribution in [0.5, 0.6) is 0 Å². The molecule has 0 atom stereocenters. The van der Waals surface area contributed by atoms with E-state index in [9.17, 15) is 8.42 Å². The van der Waals surface area contributed by atoms with Crippen molar-refractivity contribution in [3.8, 4) is 0 Å². The molecule has 3 N–H and O–H groups in total. The van der Waals surface area contributed by atoms with Crippen molar-refractivity contribution >= 4 is 10.0 Å². The fourth-order valence-electron chi connectivity index (χ4n) is 1.81. The first-order valence-corrected chi connectivity index (χ1v) is 8.23. The lowest BCUT2D eigenvalue weighted by Crippen LogP contribution is -2.25. The Hall–Kier alpha value is -1.77. The van der Waals surface area contributed by atoms with Gasteiger partial charge in [-0.2, -0.15) is 5.10 Å². The summed E-state index contributed by atoms with van der Waals surface area (Å²) in [5.41, 5.74) is 1.48. The van der Waals surface area contributed by atoms with E-state index in [-0.39, 0.29) is 11.6 Å². The highest BCUT2D eigenvalue weighted by Crippen LogP contribution is 2.12. The number of hydrogen-bond acceptors (Lipinski definition) is 5. The fourth-order valence-corrected chi connectivity index (χ4v) is 2.95. The molecule has 7 nitrogen and oxygen atoms in total. The Morgan fingerprint density at radius 3 is 2.71 bits per heavy atom. The van der Waals surface area contributed by atoms with Crippen LogP contribution in [0.15, 0.2) is 35.7 Å². The molecule has 0 aliphatic heterocycles. The molecular weight excluding hydrogens is 290 g/mol. The van der Waals surface area contributed by atoms with Crippen LogP contribution in [0.2, 0.25) is 0 Å². The summed E-state index contributed by atoms with van der Waals surface area (Å²) in [5, 5.41) is 9.66. The van der Waals surface area contributed by atoms with E-state index in [0.29, 0.717) is 12.1 Å². The zero-order valence-corrected chi connectivity index (χ0v) is 12.7. The predicted molar refractivity (Wildman–Crippen MR) is 78.8 cm³/mol. The molecule has 8 heteroatoms. The summed E-state index contributed by atoms with van der Waals surface area (Å²) in [5.74, 6) is 0. The van der Waals surface area contributed by atoms with Gasteiger partial charge in [-0.3, -0.25) is 10.1 Å². The highest BCUT2D eigenvalue weighted by molar-refractivity contribution is 7.89. The smallest absolute Gasteiger partial charge is 0.258 e. The molecule has 114 valence electrons. The molecule has 0 radical (unpaired) electrons. The summed E-state index contributed by atoms with van der Waals surface area (Å²) in [6, 6.07) is 3.53. The van der Waals surface area contributed by atoms with Gasteiger partial charge in [0.15, 0.2) is 5.03 Å². The first-order chi connectivity index (χ1) is 10.1.